The number of hydrogen-bond acceptors (Lipinski definition) is 4. The molecule has 5 heterocycles. The first-order chi connectivity index (χ1) is 27.8. The summed E-state index contributed by atoms with van der Waals surface area (Å²) in [5, 5.41) is 9.91. The fourth-order valence-corrected chi connectivity index (χ4v) is 9.04. The molecule has 0 aliphatic heterocycles. The summed E-state index contributed by atoms with van der Waals surface area (Å²) in [7, 11) is 0. The van der Waals surface area contributed by atoms with E-state index >= 15 is 0 Å². The molecule has 0 amide bonds. The zero-order valence-corrected chi connectivity index (χ0v) is 29.8. The Morgan fingerprint density at radius 1 is 0.375 bits per heavy atom. The Balaban J connectivity index is 1.11. The number of para-hydroxylation sites is 5. The van der Waals surface area contributed by atoms with Crippen molar-refractivity contribution in [3.05, 3.63) is 170 Å². The highest BCUT2D eigenvalue weighted by molar-refractivity contribution is 6.21. The van der Waals surface area contributed by atoms with Gasteiger partial charge >= 0.3 is 0 Å². The number of nitrogens with zero attached hydrogens (tertiary/aromatic N) is 4. The van der Waals surface area contributed by atoms with E-state index in [4.69, 9.17) is 18.8 Å². The summed E-state index contributed by atoms with van der Waals surface area (Å²) in [5.74, 6) is 0.584. The normalized spacial score (nSPS) is 12.3. The zero-order valence-electron chi connectivity index (χ0n) is 29.8. The van der Waals surface area contributed by atoms with Crippen LogP contribution in [0.5, 0.6) is 0 Å². The first-order valence-corrected chi connectivity index (χ1v) is 18.8. The number of hydrogen-bond donors (Lipinski definition) is 0. The van der Waals surface area contributed by atoms with E-state index in [9.17, 15) is 0 Å². The number of furan rings is 2. The third kappa shape index (κ3) is 3.99. The van der Waals surface area contributed by atoms with Crippen LogP contribution < -0.4 is 0 Å². The molecule has 0 aliphatic carbocycles. The van der Waals surface area contributed by atoms with E-state index in [2.05, 4.69) is 149 Å². The Morgan fingerprint density at radius 3 is 1.80 bits per heavy atom. The number of rotatable bonds is 3. The van der Waals surface area contributed by atoms with Gasteiger partial charge in [0, 0.05) is 54.3 Å². The van der Waals surface area contributed by atoms with Crippen molar-refractivity contribution in [3.8, 4) is 22.9 Å². The molecule has 0 atom stereocenters. The van der Waals surface area contributed by atoms with Gasteiger partial charge in [0.25, 0.3) is 0 Å². The lowest BCUT2D eigenvalue weighted by Crippen LogP contribution is -2.03. The maximum absolute atomic E-state index is 6.63. The van der Waals surface area contributed by atoms with Crippen LogP contribution in [0.25, 0.3) is 121 Å². The molecule has 0 aliphatic rings. The van der Waals surface area contributed by atoms with Gasteiger partial charge in [0.2, 0.25) is 5.95 Å². The van der Waals surface area contributed by atoms with Crippen molar-refractivity contribution in [3.63, 3.8) is 0 Å². The molecule has 56 heavy (non-hydrogen) atoms. The predicted molar refractivity (Wildman–Crippen MR) is 228 cm³/mol. The monoisotopic (exact) mass is 716 g/mol. The van der Waals surface area contributed by atoms with E-state index in [0.29, 0.717) is 11.5 Å². The van der Waals surface area contributed by atoms with Crippen molar-refractivity contribution >= 4 is 98.4 Å². The van der Waals surface area contributed by atoms with Crippen molar-refractivity contribution < 1.29 is 8.83 Å². The van der Waals surface area contributed by atoms with Gasteiger partial charge in [0.15, 0.2) is 5.58 Å². The van der Waals surface area contributed by atoms with Gasteiger partial charge in [-0.1, -0.05) is 97.1 Å². The molecule has 0 saturated carbocycles. The van der Waals surface area contributed by atoms with Crippen LogP contribution in [0, 0.1) is 0 Å². The van der Waals surface area contributed by atoms with E-state index in [1.165, 1.54) is 5.39 Å². The Kier molecular flexibility index (Phi) is 5.80. The summed E-state index contributed by atoms with van der Waals surface area (Å²) < 4.78 is 17.7. The van der Waals surface area contributed by atoms with E-state index < -0.39 is 0 Å². The Bertz CT molecular complexity index is 3770. The van der Waals surface area contributed by atoms with Crippen molar-refractivity contribution in [2.75, 3.05) is 0 Å². The molecule has 0 bridgehead atoms. The minimum atomic E-state index is 0.584. The van der Waals surface area contributed by atoms with E-state index in [1.54, 1.807) is 0 Å². The third-order valence-corrected chi connectivity index (χ3v) is 11.5. The summed E-state index contributed by atoms with van der Waals surface area (Å²) >= 11 is 0. The lowest BCUT2D eigenvalue weighted by molar-refractivity contribution is 0.666. The first kappa shape index (κ1) is 29.7. The van der Waals surface area contributed by atoms with Gasteiger partial charge in [-0.15, -0.1) is 0 Å². The lowest BCUT2D eigenvalue weighted by Gasteiger charge is -2.11. The largest absolute Gasteiger partial charge is 0.455 e. The first-order valence-electron chi connectivity index (χ1n) is 18.8. The maximum atomic E-state index is 6.63. The van der Waals surface area contributed by atoms with Crippen molar-refractivity contribution in [1.29, 1.82) is 0 Å². The molecule has 8 aromatic carbocycles. The smallest absolute Gasteiger partial charge is 0.236 e. The molecule has 0 unspecified atom stereocenters. The summed E-state index contributed by atoms with van der Waals surface area (Å²) in [6, 6.07) is 59.5. The number of benzene rings is 8. The average molecular weight is 717 g/mol. The van der Waals surface area contributed by atoms with Crippen LogP contribution in [0.1, 0.15) is 0 Å². The van der Waals surface area contributed by atoms with E-state index in [-0.39, 0.29) is 0 Å². The fourth-order valence-electron chi connectivity index (χ4n) is 9.04. The second kappa shape index (κ2) is 10.9. The van der Waals surface area contributed by atoms with Gasteiger partial charge in [-0.3, -0.25) is 4.57 Å². The molecule has 260 valence electrons. The van der Waals surface area contributed by atoms with E-state index in [0.717, 1.165) is 104 Å². The van der Waals surface area contributed by atoms with Crippen LogP contribution in [0.2, 0.25) is 0 Å². The summed E-state index contributed by atoms with van der Waals surface area (Å²) in [6.07, 6.45) is 0. The second-order valence-corrected chi connectivity index (χ2v) is 14.6. The van der Waals surface area contributed by atoms with Gasteiger partial charge < -0.3 is 13.4 Å². The average Bonchev–Trinajstić information content (AvgIpc) is 4.00. The van der Waals surface area contributed by atoms with Gasteiger partial charge in [0.05, 0.1) is 22.1 Å². The van der Waals surface area contributed by atoms with Crippen LogP contribution in [-0.4, -0.2) is 19.1 Å². The summed E-state index contributed by atoms with van der Waals surface area (Å²) in [5.41, 5.74) is 11.2. The molecule has 0 N–H and O–H groups in total. The Labute approximate surface area is 318 Å². The highest BCUT2D eigenvalue weighted by atomic mass is 16.3. The molecule has 0 radical (unpaired) electrons. The molecular weight excluding hydrogens is 689 g/mol. The van der Waals surface area contributed by atoms with Crippen LogP contribution in [0.4, 0.5) is 0 Å². The van der Waals surface area contributed by atoms with Gasteiger partial charge in [-0.2, -0.15) is 0 Å². The third-order valence-electron chi connectivity index (χ3n) is 11.5. The number of aromatic nitrogens is 4. The Hall–Kier alpha value is -7.70. The van der Waals surface area contributed by atoms with Crippen LogP contribution in [0.15, 0.2) is 179 Å². The topological polar surface area (TPSA) is 61.9 Å². The van der Waals surface area contributed by atoms with Crippen molar-refractivity contribution in [2.24, 2.45) is 0 Å². The highest BCUT2D eigenvalue weighted by Gasteiger charge is 2.23. The van der Waals surface area contributed by atoms with Crippen LogP contribution in [-0.2, 0) is 0 Å². The standard InChI is InChI=1S/C50H28N4O2/c1-2-12-31(13-3-1)53-40-18-8-4-14-32(40)38-26-30(23-25-42(38)53)46-49-47(36-17-7-11-21-45(36)56-49)52-50(51-46)54-41-19-9-5-15-33(41)39-28-37-29(27-43(39)54)22-24-35-34-16-6-10-20-44(34)55-48(35)37/h1-28H. The van der Waals surface area contributed by atoms with Crippen molar-refractivity contribution in [2.45, 2.75) is 0 Å². The second-order valence-electron chi connectivity index (χ2n) is 14.6. The number of fused-ring (bicyclic) bond motifs is 14. The Morgan fingerprint density at radius 2 is 1.00 bits per heavy atom. The summed E-state index contributed by atoms with van der Waals surface area (Å²) in [4.78, 5) is 10.8. The summed E-state index contributed by atoms with van der Waals surface area (Å²) in [6.45, 7) is 0. The molecule has 0 saturated heterocycles. The zero-order chi connectivity index (χ0) is 36.5. The van der Waals surface area contributed by atoms with Gasteiger partial charge in [0.1, 0.15) is 28.0 Å². The quantitative estimate of drug-likeness (QED) is 0.183. The minimum absolute atomic E-state index is 0.584. The SMILES string of the molecule is c1ccc(-n2c3ccccc3c3cc(-c4nc(-n5c6ccccc6c6cc7c(ccc8c9ccccc9oc78)cc65)nc5c4oc4ccccc45)ccc32)cc1. The predicted octanol–water partition coefficient (Wildman–Crippen LogP) is 13.3. The van der Waals surface area contributed by atoms with E-state index in [1.807, 2.05) is 30.3 Å². The minimum Gasteiger partial charge on any atom is -0.455 e. The van der Waals surface area contributed by atoms with Crippen LogP contribution in [0.3, 0.4) is 0 Å². The molecule has 6 heteroatoms. The highest BCUT2D eigenvalue weighted by Crippen LogP contribution is 2.42. The van der Waals surface area contributed by atoms with Gasteiger partial charge in [-0.25, -0.2) is 9.97 Å². The van der Waals surface area contributed by atoms with Crippen molar-refractivity contribution in [1.82, 2.24) is 19.1 Å². The molecule has 6 nitrogen and oxygen atoms in total. The molecule has 0 spiro atoms. The molecule has 13 aromatic rings. The molecule has 13 rings (SSSR count). The molecule has 0 fully saturated rings. The van der Waals surface area contributed by atoms with Crippen LogP contribution >= 0.6 is 0 Å². The van der Waals surface area contributed by atoms with Gasteiger partial charge in [-0.05, 0) is 78.2 Å². The fraction of sp³-hybridized carbons (Fsp3) is 0. The lowest BCUT2D eigenvalue weighted by atomic mass is 10.0. The molecule has 5 aromatic heterocycles. The molecular formula is C50H28N4O2. The maximum Gasteiger partial charge on any atom is 0.236 e.